The maximum atomic E-state index is 10.4. The molecule has 0 saturated heterocycles. The minimum atomic E-state index is -0.582. The Balaban J connectivity index is 3.01. The number of Topliss-reactive ketones (excluding diaryl/α,β-unsaturated/α-hetero) is 1. The SMILES string of the molecule is CC(=O)CCO[Si](C)C. The van der Waals surface area contributed by atoms with Crippen molar-refractivity contribution in [2.24, 2.45) is 0 Å². The summed E-state index contributed by atoms with van der Waals surface area (Å²) >= 11 is 0. The fraction of sp³-hybridized carbons (Fsp3) is 0.833. The molecule has 0 aliphatic rings. The highest BCUT2D eigenvalue weighted by molar-refractivity contribution is 6.48. The lowest BCUT2D eigenvalue weighted by Gasteiger charge is -2.02. The quantitative estimate of drug-likeness (QED) is 0.556. The molecule has 0 aromatic heterocycles. The van der Waals surface area contributed by atoms with Gasteiger partial charge in [0.15, 0.2) is 0 Å². The molecule has 0 fully saturated rings. The first-order valence-corrected chi connectivity index (χ1v) is 5.46. The molecule has 0 atom stereocenters. The molecule has 0 aromatic rings. The average molecular weight is 145 g/mol. The molecular weight excluding hydrogens is 132 g/mol. The third-order valence-corrected chi connectivity index (χ3v) is 1.63. The van der Waals surface area contributed by atoms with Gasteiger partial charge in [0.1, 0.15) is 5.78 Å². The first kappa shape index (κ1) is 8.85. The highest BCUT2D eigenvalue weighted by atomic mass is 28.3. The van der Waals surface area contributed by atoms with E-state index in [1.54, 1.807) is 6.92 Å². The van der Waals surface area contributed by atoms with Crippen LogP contribution in [0.1, 0.15) is 13.3 Å². The molecule has 0 saturated carbocycles. The summed E-state index contributed by atoms with van der Waals surface area (Å²) in [5.74, 6) is 0.207. The fourth-order valence-electron chi connectivity index (χ4n) is 0.399. The summed E-state index contributed by atoms with van der Waals surface area (Å²) in [5, 5.41) is 0. The van der Waals surface area contributed by atoms with E-state index in [9.17, 15) is 4.79 Å². The first-order valence-electron chi connectivity index (χ1n) is 3.05. The van der Waals surface area contributed by atoms with Gasteiger partial charge in [-0.3, -0.25) is 4.79 Å². The van der Waals surface area contributed by atoms with E-state index in [-0.39, 0.29) is 5.78 Å². The monoisotopic (exact) mass is 145 g/mol. The fourth-order valence-corrected chi connectivity index (χ4v) is 0.909. The van der Waals surface area contributed by atoms with Crippen molar-refractivity contribution in [3.05, 3.63) is 0 Å². The molecule has 0 spiro atoms. The van der Waals surface area contributed by atoms with Crippen molar-refractivity contribution in [1.29, 1.82) is 0 Å². The third-order valence-electron chi connectivity index (χ3n) is 0.845. The Hall–Kier alpha value is -0.153. The summed E-state index contributed by atoms with van der Waals surface area (Å²) < 4.78 is 5.23. The summed E-state index contributed by atoms with van der Waals surface area (Å²) in [6.45, 7) is 6.31. The zero-order valence-corrected chi connectivity index (χ0v) is 7.23. The number of ketones is 1. The molecule has 0 aromatic carbocycles. The van der Waals surface area contributed by atoms with Gasteiger partial charge >= 0.3 is 0 Å². The summed E-state index contributed by atoms with van der Waals surface area (Å²) in [6, 6.07) is 0. The van der Waals surface area contributed by atoms with Crippen LogP contribution in [0.5, 0.6) is 0 Å². The largest absolute Gasteiger partial charge is 0.417 e. The van der Waals surface area contributed by atoms with Crippen molar-refractivity contribution in [1.82, 2.24) is 0 Å². The molecule has 0 aliphatic heterocycles. The van der Waals surface area contributed by atoms with Crippen LogP contribution in [-0.2, 0) is 9.22 Å². The maximum absolute atomic E-state index is 10.4. The van der Waals surface area contributed by atoms with Crippen LogP contribution in [0.4, 0.5) is 0 Å². The van der Waals surface area contributed by atoms with E-state index in [2.05, 4.69) is 13.1 Å². The molecule has 2 nitrogen and oxygen atoms in total. The summed E-state index contributed by atoms with van der Waals surface area (Å²) in [5.41, 5.74) is 0. The predicted molar refractivity (Wildman–Crippen MR) is 38.7 cm³/mol. The van der Waals surface area contributed by atoms with Crippen LogP contribution in [0.3, 0.4) is 0 Å². The normalized spacial score (nSPS) is 10.2. The highest BCUT2D eigenvalue weighted by Crippen LogP contribution is 1.87. The van der Waals surface area contributed by atoms with Crippen molar-refractivity contribution >= 4 is 14.8 Å². The van der Waals surface area contributed by atoms with Gasteiger partial charge in [0, 0.05) is 13.0 Å². The Bertz CT molecular complexity index is 91.1. The van der Waals surface area contributed by atoms with Crippen LogP contribution in [0.25, 0.3) is 0 Å². The van der Waals surface area contributed by atoms with Crippen molar-refractivity contribution < 1.29 is 9.22 Å². The van der Waals surface area contributed by atoms with Crippen molar-refractivity contribution in [3.8, 4) is 0 Å². The van der Waals surface area contributed by atoms with Crippen LogP contribution in [0, 0.1) is 0 Å². The molecular formula is C6H13O2Si. The number of hydrogen-bond acceptors (Lipinski definition) is 2. The van der Waals surface area contributed by atoms with Crippen LogP contribution in [0.15, 0.2) is 0 Å². The van der Waals surface area contributed by atoms with Gasteiger partial charge in [-0.1, -0.05) is 0 Å². The van der Waals surface area contributed by atoms with Gasteiger partial charge in [-0.25, -0.2) is 0 Å². The van der Waals surface area contributed by atoms with Gasteiger partial charge in [-0.2, -0.15) is 0 Å². The lowest BCUT2D eigenvalue weighted by molar-refractivity contribution is -0.117. The van der Waals surface area contributed by atoms with E-state index in [0.717, 1.165) is 0 Å². The summed E-state index contributed by atoms with van der Waals surface area (Å²) in [6.07, 6.45) is 0.565. The molecule has 0 unspecified atom stereocenters. The minimum Gasteiger partial charge on any atom is -0.417 e. The zero-order chi connectivity index (χ0) is 7.28. The van der Waals surface area contributed by atoms with E-state index < -0.39 is 9.04 Å². The first-order chi connectivity index (χ1) is 4.13. The molecule has 3 heteroatoms. The molecule has 0 bridgehead atoms. The second-order valence-corrected chi connectivity index (χ2v) is 4.31. The lowest BCUT2D eigenvalue weighted by atomic mass is 10.3. The van der Waals surface area contributed by atoms with Gasteiger partial charge in [0.25, 0.3) is 0 Å². The molecule has 0 heterocycles. The molecule has 1 radical (unpaired) electrons. The van der Waals surface area contributed by atoms with E-state index in [1.807, 2.05) is 0 Å². The van der Waals surface area contributed by atoms with E-state index in [0.29, 0.717) is 13.0 Å². The molecule has 0 aliphatic carbocycles. The number of rotatable bonds is 4. The molecule has 0 amide bonds. The highest BCUT2D eigenvalue weighted by Gasteiger charge is 1.97. The van der Waals surface area contributed by atoms with Crippen LogP contribution >= 0.6 is 0 Å². The molecule has 0 N–H and O–H groups in total. The van der Waals surface area contributed by atoms with Crippen molar-refractivity contribution in [2.75, 3.05) is 6.61 Å². The second kappa shape index (κ2) is 4.70. The van der Waals surface area contributed by atoms with Gasteiger partial charge in [0.2, 0.25) is 9.04 Å². The van der Waals surface area contributed by atoms with Crippen molar-refractivity contribution in [3.63, 3.8) is 0 Å². The average Bonchev–Trinajstić information content (AvgIpc) is 1.63. The van der Waals surface area contributed by atoms with E-state index in [4.69, 9.17) is 4.43 Å². The Labute approximate surface area is 57.9 Å². The third kappa shape index (κ3) is 7.85. The van der Waals surface area contributed by atoms with Crippen LogP contribution in [0.2, 0.25) is 13.1 Å². The van der Waals surface area contributed by atoms with E-state index in [1.165, 1.54) is 0 Å². The Kier molecular flexibility index (Phi) is 4.62. The Morgan fingerprint density at radius 1 is 1.56 bits per heavy atom. The van der Waals surface area contributed by atoms with E-state index >= 15 is 0 Å². The Morgan fingerprint density at radius 2 is 2.11 bits per heavy atom. The van der Waals surface area contributed by atoms with Gasteiger partial charge in [-0.15, -0.1) is 0 Å². The smallest absolute Gasteiger partial charge is 0.204 e. The van der Waals surface area contributed by atoms with Gasteiger partial charge in [-0.05, 0) is 20.0 Å². The summed E-state index contributed by atoms with van der Waals surface area (Å²) in [7, 11) is -0.582. The number of hydrogen-bond donors (Lipinski definition) is 0. The van der Waals surface area contributed by atoms with Gasteiger partial charge < -0.3 is 4.43 Å². The molecule has 9 heavy (non-hydrogen) atoms. The summed E-state index contributed by atoms with van der Waals surface area (Å²) in [4.78, 5) is 10.4. The lowest BCUT2D eigenvalue weighted by Crippen LogP contribution is -2.10. The number of carbonyl (C=O) groups excluding carboxylic acids is 1. The standard InChI is InChI=1S/C6H13O2Si/c1-6(7)4-5-8-9(2)3/h4-5H2,1-3H3. The second-order valence-electron chi connectivity index (χ2n) is 2.21. The maximum Gasteiger partial charge on any atom is 0.204 e. The predicted octanol–water partition coefficient (Wildman–Crippen LogP) is 1.23. The zero-order valence-electron chi connectivity index (χ0n) is 6.23. The van der Waals surface area contributed by atoms with Crippen molar-refractivity contribution in [2.45, 2.75) is 26.4 Å². The minimum absolute atomic E-state index is 0.207. The number of carbonyl (C=O) groups is 1. The van der Waals surface area contributed by atoms with Gasteiger partial charge in [0.05, 0.1) is 0 Å². The Morgan fingerprint density at radius 3 is 2.44 bits per heavy atom. The van der Waals surface area contributed by atoms with Crippen LogP contribution < -0.4 is 0 Å². The molecule has 0 rings (SSSR count). The van der Waals surface area contributed by atoms with Crippen LogP contribution in [-0.4, -0.2) is 21.4 Å². The molecule has 53 valence electrons. The topological polar surface area (TPSA) is 26.3 Å².